The van der Waals surface area contributed by atoms with E-state index in [0.29, 0.717) is 10.0 Å². The van der Waals surface area contributed by atoms with Gasteiger partial charge in [0.2, 0.25) is 5.95 Å². The number of nitrogens with one attached hydrogen (secondary N) is 1. The van der Waals surface area contributed by atoms with Gasteiger partial charge in [-0.1, -0.05) is 36.5 Å². The molecule has 2 aromatic rings. The van der Waals surface area contributed by atoms with Crippen LogP contribution in [-0.4, -0.2) is 9.55 Å². The second-order valence-corrected chi connectivity index (χ2v) is 4.87. The molecule has 0 bridgehead atoms. The molecule has 1 aromatic carbocycles. The Morgan fingerprint density at radius 1 is 1.28 bits per heavy atom. The van der Waals surface area contributed by atoms with Gasteiger partial charge < -0.3 is 9.88 Å². The minimum absolute atomic E-state index is 0.535. The van der Waals surface area contributed by atoms with Crippen molar-refractivity contribution in [3.8, 4) is 0 Å². The first-order valence-corrected chi connectivity index (χ1v) is 6.69. The smallest absolute Gasteiger partial charge is 0.207 e. The maximum absolute atomic E-state index is 5.98. The molecule has 1 heterocycles. The minimum atomic E-state index is 0.535. The van der Waals surface area contributed by atoms with Crippen LogP contribution in [0.3, 0.4) is 0 Å². The van der Waals surface area contributed by atoms with Crippen molar-refractivity contribution in [3.05, 3.63) is 40.6 Å². The third kappa shape index (κ3) is 3.18. The van der Waals surface area contributed by atoms with Gasteiger partial charge in [-0.2, -0.15) is 0 Å². The molecular formula is C13H15Cl2N3. The van der Waals surface area contributed by atoms with E-state index in [2.05, 4.69) is 21.8 Å². The number of hydrogen-bond acceptors (Lipinski definition) is 2. The number of aryl methyl sites for hydroxylation is 1. The van der Waals surface area contributed by atoms with Crippen LogP contribution in [0.25, 0.3) is 0 Å². The molecule has 18 heavy (non-hydrogen) atoms. The number of halogens is 2. The summed E-state index contributed by atoms with van der Waals surface area (Å²) in [5, 5.41) is 4.33. The highest BCUT2D eigenvalue weighted by Gasteiger charge is 2.04. The van der Waals surface area contributed by atoms with Gasteiger partial charge >= 0.3 is 0 Å². The van der Waals surface area contributed by atoms with Crippen LogP contribution in [0.1, 0.15) is 19.8 Å². The summed E-state index contributed by atoms with van der Waals surface area (Å²) in [6.07, 6.45) is 6.04. The summed E-state index contributed by atoms with van der Waals surface area (Å²) in [4.78, 5) is 4.29. The average Bonchev–Trinajstić information content (AvgIpc) is 2.79. The van der Waals surface area contributed by atoms with E-state index in [1.807, 2.05) is 12.3 Å². The number of rotatable bonds is 5. The summed E-state index contributed by atoms with van der Waals surface area (Å²) < 4.78 is 2.09. The zero-order valence-electron chi connectivity index (χ0n) is 10.2. The fraction of sp³-hybridized carbons (Fsp3) is 0.308. The molecule has 0 radical (unpaired) electrons. The highest BCUT2D eigenvalue weighted by atomic mass is 35.5. The van der Waals surface area contributed by atoms with Crippen LogP contribution in [-0.2, 0) is 6.54 Å². The van der Waals surface area contributed by atoms with Crippen molar-refractivity contribution in [1.29, 1.82) is 0 Å². The highest BCUT2D eigenvalue weighted by Crippen LogP contribution is 2.26. The van der Waals surface area contributed by atoms with Crippen molar-refractivity contribution in [1.82, 2.24) is 9.55 Å². The fourth-order valence-electron chi connectivity index (χ4n) is 1.65. The Kier molecular flexibility index (Phi) is 4.50. The van der Waals surface area contributed by atoms with Crippen molar-refractivity contribution in [2.45, 2.75) is 26.3 Å². The largest absolute Gasteiger partial charge is 0.326 e. The number of aromatic nitrogens is 2. The van der Waals surface area contributed by atoms with Crippen LogP contribution < -0.4 is 5.32 Å². The first kappa shape index (κ1) is 13.2. The Hall–Kier alpha value is -1.19. The minimum Gasteiger partial charge on any atom is -0.326 e. The molecule has 0 amide bonds. The summed E-state index contributed by atoms with van der Waals surface area (Å²) in [6.45, 7) is 3.13. The fourth-order valence-corrected chi connectivity index (χ4v) is 1.94. The Balaban J connectivity index is 2.13. The van der Waals surface area contributed by atoms with Gasteiger partial charge in [0.15, 0.2) is 0 Å². The molecule has 0 aliphatic carbocycles. The van der Waals surface area contributed by atoms with Crippen molar-refractivity contribution in [2.24, 2.45) is 0 Å². The normalized spacial score (nSPS) is 10.6. The zero-order valence-corrected chi connectivity index (χ0v) is 11.7. The molecule has 0 atom stereocenters. The molecule has 0 fully saturated rings. The molecule has 0 aliphatic rings. The molecular weight excluding hydrogens is 269 g/mol. The van der Waals surface area contributed by atoms with Crippen molar-refractivity contribution in [2.75, 3.05) is 5.32 Å². The summed E-state index contributed by atoms with van der Waals surface area (Å²) in [7, 11) is 0. The quantitative estimate of drug-likeness (QED) is 0.859. The third-order valence-corrected chi connectivity index (χ3v) is 3.38. The zero-order chi connectivity index (χ0) is 13.0. The van der Waals surface area contributed by atoms with Crippen LogP contribution in [0.4, 0.5) is 11.6 Å². The Bertz CT molecular complexity index is 523. The summed E-state index contributed by atoms with van der Waals surface area (Å²) in [6, 6.07) is 5.45. The number of unbranched alkanes of at least 4 members (excludes halogenated alkanes) is 1. The maximum Gasteiger partial charge on any atom is 0.207 e. The van der Waals surface area contributed by atoms with Crippen LogP contribution >= 0.6 is 23.2 Å². The molecule has 5 heteroatoms. The van der Waals surface area contributed by atoms with E-state index < -0.39 is 0 Å². The molecule has 1 aromatic heterocycles. The van der Waals surface area contributed by atoms with Crippen LogP contribution in [0.5, 0.6) is 0 Å². The predicted molar refractivity (Wildman–Crippen MR) is 76.9 cm³/mol. The lowest BCUT2D eigenvalue weighted by molar-refractivity contribution is 0.638. The number of anilines is 2. The van der Waals surface area contributed by atoms with Gasteiger partial charge in [-0.15, -0.1) is 0 Å². The van der Waals surface area contributed by atoms with Gasteiger partial charge in [-0.25, -0.2) is 4.98 Å². The van der Waals surface area contributed by atoms with Gasteiger partial charge in [0, 0.05) is 24.6 Å². The number of nitrogens with zero attached hydrogens (tertiary/aromatic N) is 2. The molecule has 0 spiro atoms. The lowest BCUT2D eigenvalue weighted by Gasteiger charge is -2.09. The van der Waals surface area contributed by atoms with Crippen LogP contribution in [0, 0.1) is 0 Å². The molecule has 0 aliphatic heterocycles. The van der Waals surface area contributed by atoms with E-state index in [-0.39, 0.29) is 0 Å². The monoisotopic (exact) mass is 283 g/mol. The van der Waals surface area contributed by atoms with E-state index in [1.54, 1.807) is 18.3 Å². The molecule has 96 valence electrons. The van der Waals surface area contributed by atoms with Gasteiger partial charge in [0.05, 0.1) is 10.0 Å². The lowest BCUT2D eigenvalue weighted by atomic mass is 10.3. The molecule has 0 unspecified atom stereocenters. The van der Waals surface area contributed by atoms with E-state index in [0.717, 1.165) is 31.0 Å². The number of imidazole rings is 1. The van der Waals surface area contributed by atoms with Gasteiger partial charge in [-0.05, 0) is 24.6 Å². The SMILES string of the molecule is CCCCn1ccnc1Nc1ccc(Cl)c(Cl)c1. The topological polar surface area (TPSA) is 29.9 Å². The van der Waals surface area contributed by atoms with Gasteiger partial charge in [-0.3, -0.25) is 0 Å². The van der Waals surface area contributed by atoms with E-state index in [4.69, 9.17) is 23.2 Å². The van der Waals surface area contributed by atoms with Crippen LogP contribution in [0.15, 0.2) is 30.6 Å². The Morgan fingerprint density at radius 3 is 2.83 bits per heavy atom. The average molecular weight is 284 g/mol. The lowest BCUT2D eigenvalue weighted by Crippen LogP contribution is -2.03. The third-order valence-electron chi connectivity index (χ3n) is 2.64. The summed E-state index contributed by atoms with van der Waals surface area (Å²) >= 11 is 11.9. The molecule has 3 nitrogen and oxygen atoms in total. The van der Waals surface area contributed by atoms with E-state index in [1.165, 1.54) is 0 Å². The van der Waals surface area contributed by atoms with Crippen molar-refractivity contribution >= 4 is 34.8 Å². The summed E-state index contributed by atoms with van der Waals surface area (Å²) in [5.74, 6) is 0.821. The Labute approximate surface area is 117 Å². The van der Waals surface area contributed by atoms with Gasteiger partial charge in [0.1, 0.15) is 0 Å². The highest BCUT2D eigenvalue weighted by molar-refractivity contribution is 6.42. The number of hydrogen-bond donors (Lipinski definition) is 1. The second-order valence-electron chi connectivity index (χ2n) is 4.05. The standard InChI is InChI=1S/C13H15Cl2N3/c1-2-3-7-18-8-6-16-13(18)17-10-4-5-11(14)12(15)9-10/h4-6,8-9H,2-3,7H2,1H3,(H,16,17). The maximum atomic E-state index is 5.98. The molecule has 2 rings (SSSR count). The molecule has 1 N–H and O–H groups in total. The van der Waals surface area contributed by atoms with Crippen LogP contribution in [0.2, 0.25) is 10.0 Å². The Morgan fingerprint density at radius 2 is 2.11 bits per heavy atom. The predicted octanol–water partition coefficient (Wildman–Crippen LogP) is 4.73. The molecule has 0 saturated carbocycles. The number of benzene rings is 1. The second kappa shape index (κ2) is 6.12. The van der Waals surface area contributed by atoms with E-state index in [9.17, 15) is 0 Å². The van der Waals surface area contributed by atoms with Crippen molar-refractivity contribution in [3.63, 3.8) is 0 Å². The first-order chi connectivity index (χ1) is 8.70. The van der Waals surface area contributed by atoms with Gasteiger partial charge in [0.25, 0.3) is 0 Å². The molecule has 0 saturated heterocycles. The van der Waals surface area contributed by atoms with Crippen molar-refractivity contribution < 1.29 is 0 Å². The first-order valence-electron chi connectivity index (χ1n) is 5.94. The summed E-state index contributed by atoms with van der Waals surface area (Å²) in [5.41, 5.74) is 0.883. The van der Waals surface area contributed by atoms with E-state index >= 15 is 0 Å².